The average molecular weight is 239 g/mol. The Kier molecular flexibility index (Phi) is 2.83. The zero-order chi connectivity index (χ0) is 12.4. The maximum Gasteiger partial charge on any atom is 0.226 e. The molecule has 0 radical (unpaired) electrons. The first-order valence-electron chi connectivity index (χ1n) is 6.03. The fourth-order valence-electron chi connectivity index (χ4n) is 1.78. The molecule has 1 aromatic carbocycles. The number of hydrogen-bond donors (Lipinski definition) is 1. The third-order valence-electron chi connectivity index (χ3n) is 2.94. The number of benzene rings is 1. The largest absolute Gasteiger partial charge is 0.444 e. The summed E-state index contributed by atoms with van der Waals surface area (Å²) in [6, 6.07) is 10.0. The van der Waals surface area contributed by atoms with Crippen molar-refractivity contribution in [2.45, 2.75) is 25.4 Å². The van der Waals surface area contributed by atoms with Gasteiger partial charge in [-0.05, 0) is 31.0 Å². The predicted octanol–water partition coefficient (Wildman–Crippen LogP) is 2.47. The van der Waals surface area contributed by atoms with Crippen LogP contribution < -0.4 is 5.32 Å². The Hall–Kier alpha value is -2.12. The summed E-state index contributed by atoms with van der Waals surface area (Å²) < 4.78 is 5.44. The summed E-state index contributed by atoms with van der Waals surface area (Å²) in [6.07, 6.45) is 4.19. The van der Waals surface area contributed by atoms with Gasteiger partial charge < -0.3 is 9.73 Å². The van der Waals surface area contributed by atoms with E-state index in [9.17, 15) is 0 Å². The number of oxazole rings is 1. The van der Waals surface area contributed by atoms with E-state index in [0.29, 0.717) is 17.5 Å². The third kappa shape index (κ3) is 2.41. The van der Waals surface area contributed by atoms with Gasteiger partial charge >= 0.3 is 0 Å². The van der Waals surface area contributed by atoms with Crippen molar-refractivity contribution in [2.24, 2.45) is 0 Å². The molecule has 1 aliphatic rings. The molecule has 1 heterocycles. The number of hydrogen-bond acceptors (Lipinski definition) is 4. The molecular formula is C14H13N3O. The van der Waals surface area contributed by atoms with Crippen molar-refractivity contribution in [2.75, 3.05) is 0 Å². The maximum absolute atomic E-state index is 8.86. The van der Waals surface area contributed by atoms with E-state index in [1.807, 2.05) is 12.1 Å². The topological polar surface area (TPSA) is 61.9 Å². The number of rotatable bonds is 4. The van der Waals surface area contributed by atoms with Crippen molar-refractivity contribution in [3.63, 3.8) is 0 Å². The van der Waals surface area contributed by atoms with Crippen LogP contribution in [0.4, 0.5) is 0 Å². The van der Waals surface area contributed by atoms with Crippen molar-refractivity contribution >= 4 is 0 Å². The summed E-state index contributed by atoms with van der Waals surface area (Å²) in [6.45, 7) is 0.742. The lowest BCUT2D eigenvalue weighted by molar-refractivity contribution is 0.570. The van der Waals surface area contributed by atoms with E-state index in [1.54, 1.807) is 18.4 Å². The van der Waals surface area contributed by atoms with E-state index < -0.39 is 0 Å². The van der Waals surface area contributed by atoms with Gasteiger partial charge in [0.25, 0.3) is 0 Å². The molecule has 4 nitrogen and oxygen atoms in total. The molecule has 90 valence electrons. The number of aromatic nitrogens is 1. The van der Waals surface area contributed by atoms with Gasteiger partial charge in [0.15, 0.2) is 0 Å². The van der Waals surface area contributed by atoms with E-state index in [-0.39, 0.29) is 0 Å². The minimum Gasteiger partial charge on any atom is -0.444 e. The second-order valence-corrected chi connectivity index (χ2v) is 4.49. The fourth-order valence-corrected chi connectivity index (χ4v) is 1.78. The minimum absolute atomic E-state index is 0.569. The van der Waals surface area contributed by atoms with E-state index in [0.717, 1.165) is 17.8 Å². The SMILES string of the molecule is N#Cc1cccc(-c2nc(CNC3CC3)co2)c1. The molecule has 1 saturated carbocycles. The highest BCUT2D eigenvalue weighted by Crippen LogP contribution is 2.21. The van der Waals surface area contributed by atoms with Crippen molar-refractivity contribution in [1.82, 2.24) is 10.3 Å². The highest BCUT2D eigenvalue weighted by Gasteiger charge is 2.20. The number of nitriles is 1. The second kappa shape index (κ2) is 4.63. The van der Waals surface area contributed by atoms with Crippen molar-refractivity contribution in [3.8, 4) is 17.5 Å². The Bertz CT molecular complexity index is 593. The maximum atomic E-state index is 8.86. The van der Waals surface area contributed by atoms with Crippen molar-refractivity contribution in [1.29, 1.82) is 5.26 Å². The minimum atomic E-state index is 0.569. The average Bonchev–Trinajstić information content (AvgIpc) is 3.13. The van der Waals surface area contributed by atoms with Crippen LogP contribution in [0.1, 0.15) is 24.1 Å². The van der Waals surface area contributed by atoms with Crippen LogP contribution in [-0.4, -0.2) is 11.0 Å². The number of nitrogens with one attached hydrogen (secondary N) is 1. The zero-order valence-corrected chi connectivity index (χ0v) is 9.89. The molecule has 0 amide bonds. The van der Waals surface area contributed by atoms with E-state index >= 15 is 0 Å². The molecular weight excluding hydrogens is 226 g/mol. The molecule has 1 aromatic heterocycles. The standard InChI is InChI=1S/C14H13N3O/c15-7-10-2-1-3-11(6-10)14-17-13(9-18-14)8-16-12-4-5-12/h1-3,6,9,12,16H,4-5,8H2. The van der Waals surface area contributed by atoms with Gasteiger partial charge in [0.2, 0.25) is 5.89 Å². The summed E-state index contributed by atoms with van der Waals surface area (Å²) in [5.74, 6) is 0.569. The van der Waals surface area contributed by atoms with E-state index in [2.05, 4.69) is 16.4 Å². The van der Waals surface area contributed by atoms with Crippen molar-refractivity contribution in [3.05, 3.63) is 41.8 Å². The van der Waals surface area contributed by atoms with Crippen LogP contribution in [0.15, 0.2) is 34.9 Å². The van der Waals surface area contributed by atoms with E-state index in [4.69, 9.17) is 9.68 Å². The summed E-state index contributed by atoms with van der Waals surface area (Å²) in [7, 11) is 0. The summed E-state index contributed by atoms with van der Waals surface area (Å²) in [5, 5.41) is 12.2. The van der Waals surface area contributed by atoms with Crippen molar-refractivity contribution < 1.29 is 4.42 Å². The number of nitrogens with zero attached hydrogens (tertiary/aromatic N) is 2. The zero-order valence-electron chi connectivity index (χ0n) is 9.89. The highest BCUT2D eigenvalue weighted by molar-refractivity contribution is 5.56. The summed E-state index contributed by atoms with van der Waals surface area (Å²) in [5.41, 5.74) is 2.36. The van der Waals surface area contributed by atoms with Gasteiger partial charge in [0, 0.05) is 18.2 Å². The van der Waals surface area contributed by atoms with Crippen LogP contribution in [-0.2, 0) is 6.54 Å². The first-order chi connectivity index (χ1) is 8.85. The highest BCUT2D eigenvalue weighted by atomic mass is 16.3. The Labute approximate surface area is 105 Å². The van der Waals surface area contributed by atoms with Crippen LogP contribution in [0.25, 0.3) is 11.5 Å². The van der Waals surface area contributed by atoms with Gasteiger partial charge in [-0.3, -0.25) is 0 Å². The molecule has 0 unspecified atom stereocenters. The molecule has 18 heavy (non-hydrogen) atoms. The molecule has 0 spiro atoms. The van der Waals surface area contributed by atoms with Crippen LogP contribution in [0.5, 0.6) is 0 Å². The van der Waals surface area contributed by atoms with Gasteiger partial charge in [-0.1, -0.05) is 6.07 Å². The third-order valence-corrected chi connectivity index (χ3v) is 2.94. The molecule has 1 fully saturated rings. The first-order valence-corrected chi connectivity index (χ1v) is 6.03. The molecule has 1 N–H and O–H groups in total. The molecule has 0 bridgehead atoms. The molecule has 0 aliphatic heterocycles. The Balaban J connectivity index is 1.76. The molecule has 4 heteroatoms. The van der Waals surface area contributed by atoms with Gasteiger partial charge in [0.1, 0.15) is 6.26 Å². The lowest BCUT2D eigenvalue weighted by atomic mass is 10.1. The van der Waals surface area contributed by atoms with Gasteiger partial charge in [-0.25, -0.2) is 4.98 Å². The van der Waals surface area contributed by atoms with E-state index in [1.165, 1.54) is 12.8 Å². The quantitative estimate of drug-likeness (QED) is 0.890. The molecule has 3 rings (SSSR count). The predicted molar refractivity (Wildman–Crippen MR) is 66.5 cm³/mol. The first kappa shape index (κ1) is 11.0. The Morgan fingerprint density at radius 3 is 3.11 bits per heavy atom. The van der Waals surface area contributed by atoms with Gasteiger partial charge in [-0.2, -0.15) is 5.26 Å². The Morgan fingerprint density at radius 2 is 2.33 bits per heavy atom. The van der Waals surface area contributed by atoms with Gasteiger partial charge in [-0.15, -0.1) is 0 Å². The Morgan fingerprint density at radius 1 is 1.44 bits per heavy atom. The molecule has 2 aromatic rings. The second-order valence-electron chi connectivity index (χ2n) is 4.49. The van der Waals surface area contributed by atoms with Gasteiger partial charge in [0.05, 0.1) is 17.3 Å². The lowest BCUT2D eigenvalue weighted by Crippen LogP contribution is -2.15. The smallest absolute Gasteiger partial charge is 0.226 e. The molecule has 0 saturated heterocycles. The van der Waals surface area contributed by atoms with Crippen LogP contribution in [0, 0.1) is 11.3 Å². The molecule has 0 atom stereocenters. The summed E-state index contributed by atoms with van der Waals surface area (Å²) >= 11 is 0. The molecule has 1 aliphatic carbocycles. The summed E-state index contributed by atoms with van der Waals surface area (Å²) in [4.78, 5) is 4.42. The van der Waals surface area contributed by atoms with Crippen LogP contribution in [0.3, 0.4) is 0 Å². The van der Waals surface area contributed by atoms with Crippen LogP contribution >= 0.6 is 0 Å². The fraction of sp³-hybridized carbons (Fsp3) is 0.286. The monoisotopic (exact) mass is 239 g/mol. The van der Waals surface area contributed by atoms with Crippen LogP contribution in [0.2, 0.25) is 0 Å². The lowest BCUT2D eigenvalue weighted by Gasteiger charge is -1.97. The normalized spacial score (nSPS) is 14.4.